The quantitative estimate of drug-likeness (QED) is 0.758. The Hall–Kier alpha value is -2.51. The lowest BCUT2D eigenvalue weighted by Crippen LogP contribution is -2.37. The van der Waals surface area contributed by atoms with E-state index in [1.165, 1.54) is 12.1 Å². The maximum atomic E-state index is 12.6. The Labute approximate surface area is 150 Å². The number of carbonyl (C=O) groups is 1. The number of nitrogens with zero attached hydrogens (tertiary/aromatic N) is 2. The lowest BCUT2D eigenvalue weighted by Gasteiger charge is -2.16. The van der Waals surface area contributed by atoms with Crippen LogP contribution in [0.3, 0.4) is 0 Å². The normalized spacial score (nSPS) is 12.7. The molecule has 2 N–H and O–H groups in total. The molecule has 2 rings (SSSR count). The van der Waals surface area contributed by atoms with Gasteiger partial charge in [0, 0.05) is 18.8 Å². The highest BCUT2D eigenvalue weighted by Gasteiger charge is 2.30. The van der Waals surface area contributed by atoms with E-state index in [-0.39, 0.29) is 6.03 Å². The summed E-state index contributed by atoms with van der Waals surface area (Å²) in [5.41, 5.74) is 1.93. The third kappa shape index (κ3) is 5.50. The van der Waals surface area contributed by atoms with Crippen LogP contribution in [0.4, 0.5) is 18.0 Å². The molecule has 2 amide bonds. The van der Waals surface area contributed by atoms with E-state index >= 15 is 0 Å². The van der Waals surface area contributed by atoms with Gasteiger partial charge in [0.15, 0.2) is 0 Å². The summed E-state index contributed by atoms with van der Waals surface area (Å²) >= 11 is 0. The van der Waals surface area contributed by atoms with Crippen LogP contribution in [0.1, 0.15) is 41.9 Å². The van der Waals surface area contributed by atoms with E-state index in [2.05, 4.69) is 15.7 Å². The highest BCUT2D eigenvalue weighted by molar-refractivity contribution is 5.74. The third-order valence-electron chi connectivity index (χ3n) is 4.02. The van der Waals surface area contributed by atoms with Crippen LogP contribution in [-0.2, 0) is 12.7 Å². The molecule has 0 fully saturated rings. The molecule has 1 aromatic carbocycles. The molecule has 0 radical (unpaired) electrons. The summed E-state index contributed by atoms with van der Waals surface area (Å²) in [7, 11) is 0. The average Bonchev–Trinajstić information content (AvgIpc) is 2.88. The maximum Gasteiger partial charge on any atom is 0.416 e. The number of amides is 2. The van der Waals surface area contributed by atoms with E-state index in [4.69, 9.17) is 0 Å². The SMILES string of the molecule is Cc1cc(C)n(CCCNC(=O)NC(C)c2ccc(C(F)(F)F)cc2)n1. The van der Waals surface area contributed by atoms with Crippen molar-refractivity contribution >= 4 is 6.03 Å². The predicted octanol–water partition coefficient (Wildman–Crippen LogP) is 3.97. The van der Waals surface area contributed by atoms with Gasteiger partial charge in [0.25, 0.3) is 0 Å². The van der Waals surface area contributed by atoms with Gasteiger partial charge in [-0.15, -0.1) is 0 Å². The first-order chi connectivity index (χ1) is 12.2. The Morgan fingerprint density at radius 3 is 2.42 bits per heavy atom. The van der Waals surface area contributed by atoms with Gasteiger partial charge in [-0.3, -0.25) is 4.68 Å². The van der Waals surface area contributed by atoms with Crippen LogP contribution in [-0.4, -0.2) is 22.4 Å². The average molecular weight is 368 g/mol. The molecule has 5 nitrogen and oxygen atoms in total. The van der Waals surface area contributed by atoms with Crippen LogP contribution < -0.4 is 10.6 Å². The number of urea groups is 1. The zero-order valence-electron chi connectivity index (χ0n) is 15.0. The largest absolute Gasteiger partial charge is 0.416 e. The minimum absolute atomic E-state index is 0.356. The molecule has 0 aliphatic carbocycles. The first kappa shape index (κ1) is 19.8. The topological polar surface area (TPSA) is 59.0 Å². The number of aryl methyl sites for hydroxylation is 3. The molecule has 2 aromatic rings. The lowest BCUT2D eigenvalue weighted by atomic mass is 10.1. The number of hydrogen-bond donors (Lipinski definition) is 2. The summed E-state index contributed by atoms with van der Waals surface area (Å²) in [6.07, 6.45) is -3.64. The zero-order valence-corrected chi connectivity index (χ0v) is 15.0. The number of halogens is 3. The van der Waals surface area contributed by atoms with Crippen molar-refractivity contribution < 1.29 is 18.0 Å². The van der Waals surface area contributed by atoms with Gasteiger partial charge >= 0.3 is 12.2 Å². The first-order valence-corrected chi connectivity index (χ1v) is 8.39. The molecule has 142 valence electrons. The summed E-state index contributed by atoms with van der Waals surface area (Å²) in [4.78, 5) is 11.9. The van der Waals surface area contributed by atoms with Crippen LogP contribution in [0.25, 0.3) is 0 Å². The maximum absolute atomic E-state index is 12.6. The van der Waals surface area contributed by atoms with Gasteiger partial charge in [-0.05, 0) is 51.0 Å². The van der Waals surface area contributed by atoms with Gasteiger partial charge in [-0.2, -0.15) is 18.3 Å². The Kier molecular flexibility index (Phi) is 6.28. The van der Waals surface area contributed by atoms with Crippen molar-refractivity contribution in [3.8, 4) is 0 Å². The smallest absolute Gasteiger partial charge is 0.338 e. The van der Waals surface area contributed by atoms with Crippen molar-refractivity contribution in [2.45, 2.75) is 46.0 Å². The van der Waals surface area contributed by atoms with Gasteiger partial charge in [0.1, 0.15) is 0 Å². The monoisotopic (exact) mass is 368 g/mol. The van der Waals surface area contributed by atoms with E-state index in [1.54, 1.807) is 6.92 Å². The molecule has 0 bridgehead atoms. The van der Waals surface area contributed by atoms with Crippen LogP contribution in [0.5, 0.6) is 0 Å². The second-order valence-electron chi connectivity index (χ2n) is 6.25. The Morgan fingerprint density at radius 2 is 1.88 bits per heavy atom. The van der Waals surface area contributed by atoms with E-state index < -0.39 is 17.8 Å². The molecule has 0 aliphatic rings. The van der Waals surface area contributed by atoms with Gasteiger partial charge in [0.05, 0.1) is 17.3 Å². The summed E-state index contributed by atoms with van der Waals surface area (Å²) in [6, 6.07) is 6.01. The first-order valence-electron chi connectivity index (χ1n) is 8.39. The standard InChI is InChI=1S/C18H23F3N4O/c1-12-11-13(2)25(24-12)10-4-9-22-17(26)23-14(3)15-5-7-16(8-6-15)18(19,20)21/h5-8,11,14H,4,9-10H2,1-3H3,(H2,22,23,26). The zero-order chi connectivity index (χ0) is 19.3. The number of carbonyl (C=O) groups excluding carboxylic acids is 1. The highest BCUT2D eigenvalue weighted by atomic mass is 19.4. The van der Waals surface area contributed by atoms with E-state index in [0.717, 1.165) is 29.9 Å². The number of rotatable bonds is 6. The molecule has 26 heavy (non-hydrogen) atoms. The minimum Gasteiger partial charge on any atom is -0.338 e. The van der Waals surface area contributed by atoms with Crippen LogP contribution in [0, 0.1) is 13.8 Å². The lowest BCUT2D eigenvalue weighted by molar-refractivity contribution is -0.137. The van der Waals surface area contributed by atoms with Crippen molar-refractivity contribution in [1.29, 1.82) is 0 Å². The van der Waals surface area contributed by atoms with E-state index in [1.807, 2.05) is 24.6 Å². The predicted molar refractivity (Wildman–Crippen MR) is 92.7 cm³/mol. The number of alkyl halides is 3. The molecule has 1 atom stereocenters. The fourth-order valence-corrected chi connectivity index (χ4v) is 2.62. The van der Waals surface area contributed by atoms with Gasteiger partial charge in [-0.1, -0.05) is 12.1 Å². The number of benzene rings is 1. The van der Waals surface area contributed by atoms with E-state index in [0.29, 0.717) is 18.7 Å². The van der Waals surface area contributed by atoms with Crippen molar-refractivity contribution in [1.82, 2.24) is 20.4 Å². The third-order valence-corrected chi connectivity index (χ3v) is 4.02. The van der Waals surface area contributed by atoms with Crippen molar-refractivity contribution in [2.24, 2.45) is 0 Å². The number of aromatic nitrogens is 2. The number of nitrogens with one attached hydrogen (secondary N) is 2. The van der Waals surface area contributed by atoms with Gasteiger partial charge < -0.3 is 10.6 Å². The van der Waals surface area contributed by atoms with Gasteiger partial charge in [-0.25, -0.2) is 4.79 Å². The summed E-state index contributed by atoms with van der Waals surface area (Å²) in [6.45, 7) is 6.81. The van der Waals surface area contributed by atoms with Gasteiger partial charge in [0.2, 0.25) is 0 Å². The van der Waals surface area contributed by atoms with Crippen molar-refractivity contribution in [2.75, 3.05) is 6.54 Å². The Balaban J connectivity index is 1.75. The summed E-state index contributed by atoms with van der Waals surface area (Å²) < 4.78 is 39.6. The fourth-order valence-electron chi connectivity index (χ4n) is 2.62. The number of hydrogen-bond acceptors (Lipinski definition) is 2. The van der Waals surface area contributed by atoms with Crippen molar-refractivity contribution in [3.63, 3.8) is 0 Å². The molecule has 8 heteroatoms. The second-order valence-corrected chi connectivity index (χ2v) is 6.25. The molecular weight excluding hydrogens is 345 g/mol. The van der Waals surface area contributed by atoms with Crippen LogP contribution in [0.15, 0.2) is 30.3 Å². The highest BCUT2D eigenvalue weighted by Crippen LogP contribution is 2.29. The molecule has 0 saturated heterocycles. The summed E-state index contributed by atoms with van der Waals surface area (Å²) in [5.74, 6) is 0. The van der Waals surface area contributed by atoms with Crippen LogP contribution in [0.2, 0.25) is 0 Å². The molecule has 1 unspecified atom stereocenters. The Bertz CT molecular complexity index is 738. The molecule has 0 saturated carbocycles. The summed E-state index contributed by atoms with van der Waals surface area (Å²) in [5, 5.41) is 9.81. The molecule has 0 aliphatic heterocycles. The molecular formula is C18H23F3N4O. The second kappa shape index (κ2) is 8.25. The van der Waals surface area contributed by atoms with Crippen molar-refractivity contribution in [3.05, 3.63) is 52.8 Å². The van der Waals surface area contributed by atoms with Crippen LogP contribution >= 0.6 is 0 Å². The fraction of sp³-hybridized carbons (Fsp3) is 0.444. The molecule has 1 aromatic heterocycles. The minimum atomic E-state index is -4.36. The molecule has 1 heterocycles. The Morgan fingerprint density at radius 1 is 1.23 bits per heavy atom. The molecule has 0 spiro atoms. The van der Waals surface area contributed by atoms with E-state index in [9.17, 15) is 18.0 Å².